The fourth-order valence-electron chi connectivity index (χ4n) is 1.18. The predicted molar refractivity (Wildman–Crippen MR) is 54.1 cm³/mol. The van der Waals surface area contributed by atoms with Crippen LogP contribution in [0, 0.1) is 11.3 Å². The summed E-state index contributed by atoms with van der Waals surface area (Å²) in [5.74, 6) is -0.762. The first-order valence-corrected chi connectivity index (χ1v) is 4.45. The third kappa shape index (κ3) is 2.39. The molecule has 1 rings (SSSR count). The molecule has 1 aromatic carbocycles. The topological polar surface area (TPSA) is 70.3 Å². The number of carboxylic acid groups (broad SMARTS) is 1. The third-order valence-corrected chi connectivity index (χ3v) is 2.26. The van der Waals surface area contributed by atoms with Crippen molar-refractivity contribution in [3.63, 3.8) is 0 Å². The number of hydrogen-bond acceptors (Lipinski definition) is 3. The van der Waals surface area contributed by atoms with E-state index in [-0.39, 0.29) is 22.8 Å². The first-order chi connectivity index (χ1) is 7.10. The molecule has 0 bridgehead atoms. The number of rotatable bonds is 3. The summed E-state index contributed by atoms with van der Waals surface area (Å²) in [4.78, 5) is 10.5. The molecule has 0 aromatic heterocycles. The van der Waals surface area contributed by atoms with Gasteiger partial charge in [-0.05, 0) is 11.6 Å². The number of carboxylic acids is 1. The minimum absolute atomic E-state index is 0.180. The van der Waals surface area contributed by atoms with Crippen molar-refractivity contribution in [2.75, 3.05) is 7.11 Å². The highest BCUT2D eigenvalue weighted by molar-refractivity contribution is 6.33. The maximum atomic E-state index is 10.5. The van der Waals surface area contributed by atoms with Crippen molar-refractivity contribution >= 4 is 17.6 Å². The lowest BCUT2D eigenvalue weighted by molar-refractivity contribution is -0.136. The summed E-state index contributed by atoms with van der Waals surface area (Å²) in [6, 6.07) is 4.91. The molecule has 0 saturated heterocycles. The molecule has 15 heavy (non-hydrogen) atoms. The molecule has 0 aliphatic heterocycles. The monoisotopic (exact) mass is 225 g/mol. The second-order valence-corrected chi connectivity index (χ2v) is 3.18. The highest BCUT2D eigenvalue weighted by atomic mass is 35.5. The van der Waals surface area contributed by atoms with E-state index in [1.54, 1.807) is 0 Å². The van der Waals surface area contributed by atoms with Crippen molar-refractivity contribution in [2.45, 2.75) is 6.42 Å². The van der Waals surface area contributed by atoms with Crippen LogP contribution in [0.2, 0.25) is 5.02 Å². The van der Waals surface area contributed by atoms with Gasteiger partial charge in [0.1, 0.15) is 6.07 Å². The average Bonchev–Trinajstić information content (AvgIpc) is 2.20. The fraction of sp³-hybridized carbons (Fsp3) is 0.200. The van der Waals surface area contributed by atoms with Crippen LogP contribution in [0.25, 0.3) is 0 Å². The summed E-state index contributed by atoms with van der Waals surface area (Å²) in [7, 11) is 1.38. The molecular weight excluding hydrogens is 218 g/mol. The van der Waals surface area contributed by atoms with E-state index < -0.39 is 5.97 Å². The number of ether oxygens (including phenoxy) is 1. The van der Waals surface area contributed by atoms with Crippen LogP contribution in [0.5, 0.6) is 5.75 Å². The van der Waals surface area contributed by atoms with E-state index in [0.29, 0.717) is 5.56 Å². The van der Waals surface area contributed by atoms with Gasteiger partial charge in [-0.1, -0.05) is 17.7 Å². The van der Waals surface area contributed by atoms with Gasteiger partial charge in [0, 0.05) is 0 Å². The van der Waals surface area contributed by atoms with Gasteiger partial charge in [-0.3, -0.25) is 4.79 Å². The van der Waals surface area contributed by atoms with Crippen molar-refractivity contribution in [3.8, 4) is 11.8 Å². The lowest BCUT2D eigenvalue weighted by Gasteiger charge is -2.08. The van der Waals surface area contributed by atoms with E-state index in [4.69, 9.17) is 26.7 Å². The molecule has 0 heterocycles. The van der Waals surface area contributed by atoms with E-state index in [1.165, 1.54) is 19.2 Å². The summed E-state index contributed by atoms with van der Waals surface area (Å²) < 4.78 is 4.94. The van der Waals surface area contributed by atoms with E-state index in [0.717, 1.165) is 0 Å². The number of halogens is 1. The zero-order chi connectivity index (χ0) is 11.4. The number of nitrogens with zero attached hydrogens (tertiary/aromatic N) is 1. The Kier molecular flexibility index (Phi) is 3.53. The SMILES string of the molecule is COc1c(C#N)ccc(CC(=O)O)c1Cl. The van der Waals surface area contributed by atoms with Crippen LogP contribution in [0.1, 0.15) is 11.1 Å². The third-order valence-electron chi connectivity index (χ3n) is 1.84. The minimum atomic E-state index is -0.983. The molecule has 0 atom stereocenters. The molecule has 0 unspecified atom stereocenters. The number of benzene rings is 1. The fourth-order valence-corrected chi connectivity index (χ4v) is 1.49. The van der Waals surface area contributed by atoms with Gasteiger partial charge in [0.15, 0.2) is 5.75 Å². The van der Waals surface area contributed by atoms with Gasteiger partial charge in [-0.2, -0.15) is 5.26 Å². The highest BCUT2D eigenvalue weighted by Gasteiger charge is 2.13. The summed E-state index contributed by atoms with van der Waals surface area (Å²) in [6.45, 7) is 0. The number of methoxy groups -OCH3 is 1. The number of nitriles is 1. The van der Waals surface area contributed by atoms with Gasteiger partial charge in [0.2, 0.25) is 0 Å². The van der Waals surface area contributed by atoms with Crippen LogP contribution in [0.4, 0.5) is 0 Å². The van der Waals surface area contributed by atoms with E-state index in [1.807, 2.05) is 6.07 Å². The maximum absolute atomic E-state index is 10.5. The molecule has 0 fully saturated rings. The number of hydrogen-bond donors (Lipinski definition) is 1. The highest BCUT2D eigenvalue weighted by Crippen LogP contribution is 2.31. The number of aliphatic carboxylic acids is 1. The molecule has 0 saturated carbocycles. The van der Waals surface area contributed by atoms with Gasteiger partial charge in [-0.25, -0.2) is 0 Å². The minimum Gasteiger partial charge on any atom is -0.494 e. The van der Waals surface area contributed by atoms with Crippen LogP contribution < -0.4 is 4.74 Å². The zero-order valence-corrected chi connectivity index (χ0v) is 8.71. The quantitative estimate of drug-likeness (QED) is 0.852. The molecule has 0 aliphatic carbocycles. The van der Waals surface area contributed by atoms with Crippen molar-refractivity contribution < 1.29 is 14.6 Å². The van der Waals surface area contributed by atoms with Crippen molar-refractivity contribution in [1.29, 1.82) is 5.26 Å². The summed E-state index contributed by atoms with van der Waals surface area (Å²) in [5, 5.41) is 17.5. The van der Waals surface area contributed by atoms with E-state index in [9.17, 15) is 4.79 Å². The Labute approximate surface area is 91.7 Å². The summed E-state index contributed by atoms with van der Waals surface area (Å²) >= 11 is 5.90. The molecular formula is C10H8ClNO3. The van der Waals surface area contributed by atoms with Crippen LogP contribution >= 0.6 is 11.6 Å². The van der Waals surface area contributed by atoms with Gasteiger partial charge in [0.25, 0.3) is 0 Å². The second kappa shape index (κ2) is 4.67. The lowest BCUT2D eigenvalue weighted by atomic mass is 10.1. The average molecular weight is 226 g/mol. The first-order valence-electron chi connectivity index (χ1n) is 4.07. The molecule has 0 aliphatic rings. The number of carbonyl (C=O) groups is 1. The van der Waals surface area contributed by atoms with E-state index in [2.05, 4.69) is 0 Å². The van der Waals surface area contributed by atoms with Crippen LogP contribution in [-0.2, 0) is 11.2 Å². The normalized spacial score (nSPS) is 9.40. The Balaban J connectivity index is 3.24. The van der Waals surface area contributed by atoms with Gasteiger partial charge >= 0.3 is 5.97 Å². The summed E-state index contributed by atoms with van der Waals surface area (Å²) in [5.41, 5.74) is 0.719. The molecule has 5 heteroatoms. The molecule has 1 N–H and O–H groups in total. The molecule has 78 valence electrons. The maximum Gasteiger partial charge on any atom is 0.307 e. The standard InChI is InChI=1S/C10H8ClNO3/c1-15-10-7(5-12)3-2-6(9(10)11)4-8(13)14/h2-3H,4H2,1H3,(H,13,14). The zero-order valence-electron chi connectivity index (χ0n) is 7.95. The van der Waals surface area contributed by atoms with Gasteiger partial charge < -0.3 is 9.84 Å². The van der Waals surface area contributed by atoms with E-state index >= 15 is 0 Å². The van der Waals surface area contributed by atoms with Crippen molar-refractivity contribution in [2.24, 2.45) is 0 Å². The van der Waals surface area contributed by atoms with Crippen LogP contribution in [-0.4, -0.2) is 18.2 Å². The molecule has 0 spiro atoms. The van der Waals surface area contributed by atoms with Crippen LogP contribution in [0.3, 0.4) is 0 Å². The lowest BCUT2D eigenvalue weighted by Crippen LogP contribution is -2.02. The molecule has 0 radical (unpaired) electrons. The smallest absolute Gasteiger partial charge is 0.307 e. The Bertz CT molecular complexity index is 437. The second-order valence-electron chi connectivity index (χ2n) is 2.80. The first kappa shape index (κ1) is 11.3. The molecule has 4 nitrogen and oxygen atoms in total. The van der Waals surface area contributed by atoms with Gasteiger partial charge in [0.05, 0.1) is 24.1 Å². The van der Waals surface area contributed by atoms with Crippen LogP contribution in [0.15, 0.2) is 12.1 Å². The van der Waals surface area contributed by atoms with Crippen molar-refractivity contribution in [3.05, 3.63) is 28.3 Å². The Hall–Kier alpha value is -1.73. The molecule has 0 amide bonds. The Morgan fingerprint density at radius 3 is 2.80 bits per heavy atom. The summed E-state index contributed by atoms with van der Waals surface area (Å²) in [6.07, 6.45) is -0.194. The van der Waals surface area contributed by atoms with Crippen molar-refractivity contribution in [1.82, 2.24) is 0 Å². The van der Waals surface area contributed by atoms with Gasteiger partial charge in [-0.15, -0.1) is 0 Å². The largest absolute Gasteiger partial charge is 0.494 e. The Morgan fingerprint density at radius 2 is 2.33 bits per heavy atom. The Morgan fingerprint density at radius 1 is 1.67 bits per heavy atom. The molecule has 1 aromatic rings. The predicted octanol–water partition coefficient (Wildman–Crippen LogP) is 1.85.